The van der Waals surface area contributed by atoms with Crippen molar-refractivity contribution in [2.24, 2.45) is 0 Å². The number of nitrogens with zero attached hydrogens (tertiary/aromatic N) is 2. The number of hydrogen-bond acceptors (Lipinski definition) is 2. The van der Waals surface area contributed by atoms with Crippen LogP contribution in [0.4, 0.5) is 0 Å². The number of unbranched alkanes of at least 4 members (excludes halogenated alkanes) is 32. The molecule has 0 aliphatic carbocycles. The van der Waals surface area contributed by atoms with Gasteiger partial charge in [0.25, 0.3) is 0 Å². The first-order chi connectivity index (χ1) is 27.1. The van der Waals surface area contributed by atoms with Crippen LogP contribution in [0, 0.1) is 0 Å². The first kappa shape index (κ1) is 51.9. The van der Waals surface area contributed by atoms with Crippen molar-refractivity contribution in [3.8, 4) is 0 Å². The highest BCUT2D eigenvalue weighted by Gasteiger charge is 2.33. The third-order valence-corrected chi connectivity index (χ3v) is 12.8. The first-order valence-corrected chi connectivity index (χ1v) is 25.5. The van der Waals surface area contributed by atoms with E-state index in [9.17, 15) is 9.59 Å². The van der Waals surface area contributed by atoms with Gasteiger partial charge < -0.3 is 9.80 Å². The molecule has 1 rings (SSSR count). The standard InChI is InChI=1S/C50H99N3O2/c1-4-7-10-12-14-16-18-20-22-24-26-28-30-32-34-37-45-53(48-52-44-39-42-50(52)55,47-40-43-51-49(54)41-36-9-6-3)46-38-35-33-31-29-27-25-23-21-19-17-15-13-11-8-5-2/h4-48H2,1-3H3/p+1. The monoisotopic (exact) mass is 775 g/mol. The summed E-state index contributed by atoms with van der Waals surface area (Å²) in [7, 11) is 0. The molecule has 1 aliphatic rings. The maximum absolute atomic E-state index is 12.9. The zero-order valence-electron chi connectivity index (χ0n) is 38.0. The van der Waals surface area contributed by atoms with Crippen molar-refractivity contribution in [1.29, 1.82) is 0 Å². The van der Waals surface area contributed by atoms with E-state index in [1.807, 2.05) is 0 Å². The molecule has 0 aromatic rings. The SMILES string of the molecule is CCCCCCCCCCCCCCCCCC[N+](CCCCCCCCCCCCCCCCCC)(CCCNC(=O)CCCCC)CN1CCCC1=O. The van der Waals surface area contributed by atoms with Gasteiger partial charge in [0.2, 0.25) is 11.8 Å². The van der Waals surface area contributed by atoms with E-state index in [1.54, 1.807) is 0 Å². The van der Waals surface area contributed by atoms with Crippen molar-refractivity contribution < 1.29 is 14.1 Å². The van der Waals surface area contributed by atoms with Crippen LogP contribution >= 0.6 is 0 Å². The zero-order chi connectivity index (χ0) is 39.8. The molecular weight excluding hydrogens is 675 g/mol. The summed E-state index contributed by atoms with van der Waals surface area (Å²) in [6.45, 7) is 12.8. The number of rotatable bonds is 44. The van der Waals surface area contributed by atoms with Crippen molar-refractivity contribution in [2.75, 3.05) is 39.4 Å². The summed E-state index contributed by atoms with van der Waals surface area (Å²) >= 11 is 0. The average molecular weight is 775 g/mol. The normalized spacial score (nSPS) is 13.4. The van der Waals surface area contributed by atoms with Gasteiger partial charge >= 0.3 is 0 Å². The predicted octanol–water partition coefficient (Wildman–Crippen LogP) is 15.0. The molecule has 0 atom stereocenters. The zero-order valence-corrected chi connectivity index (χ0v) is 38.0. The Hall–Kier alpha value is -1.10. The van der Waals surface area contributed by atoms with Crippen molar-refractivity contribution >= 4 is 11.8 Å². The van der Waals surface area contributed by atoms with Gasteiger partial charge in [-0.3, -0.25) is 14.5 Å². The summed E-state index contributed by atoms with van der Waals surface area (Å²) in [6.07, 6.45) is 51.5. The first-order valence-electron chi connectivity index (χ1n) is 25.5. The van der Waals surface area contributed by atoms with E-state index in [1.165, 1.54) is 219 Å². The van der Waals surface area contributed by atoms with Gasteiger partial charge in [0.15, 0.2) is 6.67 Å². The molecule has 0 bridgehead atoms. The smallest absolute Gasteiger partial charge is 0.226 e. The van der Waals surface area contributed by atoms with Gasteiger partial charge in [0.05, 0.1) is 19.6 Å². The average Bonchev–Trinajstić information content (AvgIpc) is 3.59. The van der Waals surface area contributed by atoms with E-state index >= 15 is 0 Å². The Morgan fingerprint density at radius 2 is 0.800 bits per heavy atom. The Labute approximate surface area is 345 Å². The lowest BCUT2D eigenvalue weighted by Gasteiger charge is -2.41. The quantitative estimate of drug-likeness (QED) is 0.0495. The number of carbonyl (C=O) groups is 2. The van der Waals surface area contributed by atoms with E-state index in [2.05, 4.69) is 31.0 Å². The minimum atomic E-state index is 0.219. The molecule has 5 heteroatoms. The van der Waals surface area contributed by atoms with Gasteiger partial charge in [-0.05, 0) is 38.5 Å². The van der Waals surface area contributed by atoms with Crippen LogP contribution in [0.25, 0.3) is 0 Å². The highest BCUT2D eigenvalue weighted by Crippen LogP contribution is 2.22. The molecule has 326 valence electrons. The molecule has 1 N–H and O–H groups in total. The van der Waals surface area contributed by atoms with Crippen molar-refractivity contribution in [1.82, 2.24) is 10.2 Å². The highest BCUT2D eigenvalue weighted by atomic mass is 16.2. The van der Waals surface area contributed by atoms with Crippen LogP contribution in [-0.2, 0) is 9.59 Å². The molecule has 0 aromatic carbocycles. The van der Waals surface area contributed by atoms with E-state index in [-0.39, 0.29) is 5.91 Å². The number of carbonyl (C=O) groups excluding carboxylic acids is 2. The van der Waals surface area contributed by atoms with E-state index in [0.717, 1.165) is 69.3 Å². The Morgan fingerprint density at radius 1 is 0.473 bits per heavy atom. The molecule has 1 heterocycles. The maximum Gasteiger partial charge on any atom is 0.226 e. The van der Waals surface area contributed by atoms with Crippen molar-refractivity contribution in [3.63, 3.8) is 0 Å². The molecule has 0 radical (unpaired) electrons. The molecule has 0 unspecified atom stereocenters. The third kappa shape index (κ3) is 32.5. The van der Waals surface area contributed by atoms with Crippen molar-refractivity contribution in [2.45, 2.75) is 271 Å². The minimum Gasteiger partial charge on any atom is -0.356 e. The van der Waals surface area contributed by atoms with Gasteiger partial charge in [-0.1, -0.05) is 213 Å². The molecule has 2 amide bonds. The Morgan fingerprint density at radius 3 is 1.15 bits per heavy atom. The second kappa shape index (κ2) is 39.7. The summed E-state index contributed by atoms with van der Waals surface area (Å²) in [6, 6.07) is 0. The number of amides is 2. The second-order valence-electron chi connectivity index (χ2n) is 18.2. The molecule has 1 aliphatic heterocycles. The van der Waals surface area contributed by atoms with Crippen LogP contribution in [0.2, 0.25) is 0 Å². The van der Waals surface area contributed by atoms with E-state index in [0.29, 0.717) is 12.3 Å². The fourth-order valence-corrected chi connectivity index (χ4v) is 9.02. The summed E-state index contributed by atoms with van der Waals surface area (Å²) in [5.41, 5.74) is 0. The molecule has 1 fully saturated rings. The Bertz CT molecular complexity index is 796. The largest absolute Gasteiger partial charge is 0.356 e. The summed E-state index contributed by atoms with van der Waals surface area (Å²) in [5, 5.41) is 3.23. The molecule has 1 saturated heterocycles. The topological polar surface area (TPSA) is 49.4 Å². The molecular formula is C50H100N3O2+. The lowest BCUT2D eigenvalue weighted by molar-refractivity contribution is -0.936. The predicted molar refractivity (Wildman–Crippen MR) is 242 cm³/mol. The fourth-order valence-electron chi connectivity index (χ4n) is 9.02. The fraction of sp³-hybridized carbons (Fsp3) is 0.960. The maximum atomic E-state index is 12.9. The third-order valence-electron chi connectivity index (χ3n) is 12.8. The lowest BCUT2D eigenvalue weighted by atomic mass is 10.0. The summed E-state index contributed by atoms with van der Waals surface area (Å²) in [5.74, 6) is 0.586. The summed E-state index contributed by atoms with van der Waals surface area (Å²) in [4.78, 5) is 27.6. The van der Waals surface area contributed by atoms with Crippen molar-refractivity contribution in [3.05, 3.63) is 0 Å². The van der Waals surface area contributed by atoms with Gasteiger partial charge in [0, 0.05) is 32.4 Å². The van der Waals surface area contributed by atoms with Gasteiger partial charge in [-0.15, -0.1) is 0 Å². The van der Waals surface area contributed by atoms with Crippen LogP contribution in [-0.4, -0.2) is 60.6 Å². The second-order valence-corrected chi connectivity index (χ2v) is 18.2. The minimum absolute atomic E-state index is 0.219. The number of likely N-dealkylation sites (tertiary alicyclic amines) is 1. The molecule has 0 aromatic heterocycles. The molecule has 0 spiro atoms. The van der Waals surface area contributed by atoms with E-state index in [4.69, 9.17) is 0 Å². The van der Waals surface area contributed by atoms with Crippen LogP contribution in [0.1, 0.15) is 271 Å². The molecule has 5 nitrogen and oxygen atoms in total. The van der Waals surface area contributed by atoms with Gasteiger partial charge in [-0.25, -0.2) is 0 Å². The molecule has 0 saturated carbocycles. The van der Waals surface area contributed by atoms with Crippen LogP contribution in [0.15, 0.2) is 0 Å². The number of hydrogen-bond donors (Lipinski definition) is 1. The lowest BCUT2D eigenvalue weighted by Crippen LogP contribution is -2.56. The van der Waals surface area contributed by atoms with Crippen LogP contribution in [0.3, 0.4) is 0 Å². The molecule has 55 heavy (non-hydrogen) atoms. The van der Waals surface area contributed by atoms with Crippen LogP contribution < -0.4 is 5.32 Å². The highest BCUT2D eigenvalue weighted by molar-refractivity contribution is 5.77. The van der Waals surface area contributed by atoms with Gasteiger partial charge in [0.1, 0.15) is 0 Å². The Balaban J connectivity index is 2.46. The van der Waals surface area contributed by atoms with E-state index < -0.39 is 0 Å². The van der Waals surface area contributed by atoms with Gasteiger partial charge in [-0.2, -0.15) is 0 Å². The van der Waals surface area contributed by atoms with Crippen LogP contribution in [0.5, 0.6) is 0 Å². The Kier molecular flexibility index (Phi) is 37.5. The summed E-state index contributed by atoms with van der Waals surface area (Å²) < 4.78 is 1.05. The number of nitrogens with one attached hydrogen (secondary N) is 1. The number of quaternary nitrogens is 1.